The molecule has 0 aliphatic carbocycles. The van der Waals surface area contributed by atoms with Gasteiger partial charge in [0.1, 0.15) is 6.54 Å². The van der Waals surface area contributed by atoms with E-state index in [1.807, 2.05) is 36.1 Å². The fourth-order valence-electron chi connectivity index (χ4n) is 3.74. The molecule has 1 aliphatic heterocycles. The Hall–Kier alpha value is -2.82. The van der Waals surface area contributed by atoms with Gasteiger partial charge in [-0.15, -0.1) is 0 Å². The Balaban J connectivity index is 1.65. The predicted octanol–water partition coefficient (Wildman–Crippen LogP) is 3.31. The molecule has 2 amide bonds. The Morgan fingerprint density at radius 1 is 0.893 bits per heavy atom. The van der Waals surface area contributed by atoms with E-state index in [1.165, 1.54) is 23.7 Å². The quantitative estimate of drug-likeness (QED) is 0.819. The van der Waals surface area contributed by atoms with Gasteiger partial charge in [0.15, 0.2) is 0 Å². The highest BCUT2D eigenvalue weighted by atomic mass is 16.2. The van der Waals surface area contributed by atoms with Crippen molar-refractivity contribution < 1.29 is 9.59 Å². The van der Waals surface area contributed by atoms with Crippen molar-refractivity contribution in [1.82, 2.24) is 4.90 Å². The summed E-state index contributed by atoms with van der Waals surface area (Å²) in [5.74, 6) is -0.115. The average molecular weight is 380 g/mol. The summed E-state index contributed by atoms with van der Waals surface area (Å²) in [5, 5.41) is 0. The molecular weight excluding hydrogens is 350 g/mol. The number of aryl methyl sites for hydroxylation is 2. The van der Waals surface area contributed by atoms with Crippen LogP contribution in [0.4, 0.5) is 11.4 Å². The lowest BCUT2D eigenvalue weighted by atomic mass is 10.1. The Kier molecular flexibility index (Phi) is 6.02. The first-order valence-corrected chi connectivity index (χ1v) is 9.81. The van der Waals surface area contributed by atoms with E-state index in [2.05, 4.69) is 36.9 Å². The molecule has 0 bridgehead atoms. The number of carbonyl (C=O) groups excluding carboxylic acids is 2. The molecule has 0 unspecified atom stereocenters. The summed E-state index contributed by atoms with van der Waals surface area (Å²) in [5.41, 5.74) is 5.62. The van der Waals surface area contributed by atoms with Crippen LogP contribution in [0.3, 0.4) is 0 Å². The molecule has 5 heteroatoms. The Morgan fingerprint density at radius 3 is 2.18 bits per heavy atom. The van der Waals surface area contributed by atoms with E-state index in [0.717, 1.165) is 24.3 Å². The lowest BCUT2D eigenvalue weighted by molar-refractivity contribution is -0.131. The maximum absolute atomic E-state index is 12.9. The van der Waals surface area contributed by atoms with E-state index in [4.69, 9.17) is 0 Å². The Bertz CT molecular complexity index is 870. The molecule has 0 aromatic heterocycles. The minimum atomic E-state index is -0.114. The van der Waals surface area contributed by atoms with Crippen LogP contribution < -0.4 is 9.80 Å². The zero-order chi connectivity index (χ0) is 20.3. The van der Waals surface area contributed by atoms with E-state index in [9.17, 15) is 9.59 Å². The van der Waals surface area contributed by atoms with Crippen molar-refractivity contribution in [1.29, 1.82) is 0 Å². The lowest BCUT2D eigenvalue weighted by Gasteiger charge is -2.38. The fraction of sp³-hybridized carbons (Fsp3) is 0.391. The number of benzene rings is 2. The second-order valence-electron chi connectivity index (χ2n) is 7.48. The van der Waals surface area contributed by atoms with Crippen LogP contribution in [0.1, 0.15) is 23.6 Å². The van der Waals surface area contributed by atoms with Crippen LogP contribution in [-0.2, 0) is 9.59 Å². The van der Waals surface area contributed by atoms with Crippen LogP contribution >= 0.6 is 0 Å². The summed E-state index contributed by atoms with van der Waals surface area (Å²) < 4.78 is 0. The maximum atomic E-state index is 12.9. The number of rotatable bonds is 4. The molecule has 0 spiro atoms. The zero-order valence-electron chi connectivity index (χ0n) is 17.2. The highest BCUT2D eigenvalue weighted by Crippen LogP contribution is 2.24. The Labute approximate surface area is 167 Å². The zero-order valence-corrected chi connectivity index (χ0v) is 17.2. The van der Waals surface area contributed by atoms with Crippen LogP contribution in [0.25, 0.3) is 0 Å². The fourth-order valence-corrected chi connectivity index (χ4v) is 3.74. The van der Waals surface area contributed by atoms with Gasteiger partial charge in [0.2, 0.25) is 11.8 Å². The van der Waals surface area contributed by atoms with Crippen LogP contribution in [0.15, 0.2) is 42.5 Å². The van der Waals surface area contributed by atoms with Gasteiger partial charge in [0, 0.05) is 44.5 Å². The monoisotopic (exact) mass is 379 g/mol. The first kappa shape index (κ1) is 19.9. The van der Waals surface area contributed by atoms with Gasteiger partial charge >= 0.3 is 0 Å². The van der Waals surface area contributed by atoms with E-state index < -0.39 is 0 Å². The number of amides is 2. The second-order valence-corrected chi connectivity index (χ2v) is 7.48. The van der Waals surface area contributed by atoms with Gasteiger partial charge in [0.05, 0.1) is 0 Å². The molecule has 1 saturated heterocycles. The third-order valence-electron chi connectivity index (χ3n) is 5.63. The summed E-state index contributed by atoms with van der Waals surface area (Å²) in [6.07, 6.45) is 0. The van der Waals surface area contributed by atoms with Gasteiger partial charge in [-0.25, -0.2) is 0 Å². The molecule has 5 nitrogen and oxygen atoms in total. The number of anilines is 2. The SMILES string of the molecule is CC(=O)N(CC(=O)N1CCN(c2cccc(C)c2C)CC1)c1ccccc1C. The summed E-state index contributed by atoms with van der Waals surface area (Å²) in [4.78, 5) is 30.8. The number of carbonyl (C=O) groups is 2. The summed E-state index contributed by atoms with van der Waals surface area (Å²) in [6, 6.07) is 14.0. The van der Waals surface area contributed by atoms with Crippen molar-refractivity contribution in [3.8, 4) is 0 Å². The smallest absolute Gasteiger partial charge is 0.242 e. The molecule has 2 aromatic rings. The highest BCUT2D eigenvalue weighted by Gasteiger charge is 2.25. The molecule has 148 valence electrons. The molecule has 3 rings (SSSR count). The number of hydrogen-bond donors (Lipinski definition) is 0. The minimum absolute atomic E-state index is 0.000864. The van der Waals surface area contributed by atoms with E-state index in [1.54, 1.807) is 4.90 Å². The molecule has 1 heterocycles. The Morgan fingerprint density at radius 2 is 1.54 bits per heavy atom. The van der Waals surface area contributed by atoms with Crippen LogP contribution in [0.2, 0.25) is 0 Å². The van der Waals surface area contributed by atoms with Crippen molar-refractivity contribution in [3.05, 3.63) is 59.2 Å². The number of nitrogens with zero attached hydrogens (tertiary/aromatic N) is 3. The van der Waals surface area contributed by atoms with Crippen molar-refractivity contribution in [3.63, 3.8) is 0 Å². The molecule has 0 N–H and O–H groups in total. The van der Waals surface area contributed by atoms with Crippen LogP contribution in [0, 0.1) is 20.8 Å². The molecule has 0 saturated carbocycles. The van der Waals surface area contributed by atoms with Crippen molar-refractivity contribution in [2.24, 2.45) is 0 Å². The molecular formula is C23H29N3O2. The molecule has 1 fully saturated rings. The minimum Gasteiger partial charge on any atom is -0.368 e. The first-order chi connectivity index (χ1) is 13.4. The van der Waals surface area contributed by atoms with Gasteiger partial charge in [-0.1, -0.05) is 30.3 Å². The summed E-state index contributed by atoms with van der Waals surface area (Å²) >= 11 is 0. The van der Waals surface area contributed by atoms with Gasteiger partial charge in [-0.2, -0.15) is 0 Å². The summed E-state index contributed by atoms with van der Waals surface area (Å²) in [6.45, 7) is 10.8. The van der Waals surface area contributed by atoms with Crippen LogP contribution in [-0.4, -0.2) is 49.4 Å². The second kappa shape index (κ2) is 8.46. The van der Waals surface area contributed by atoms with Gasteiger partial charge in [-0.05, 0) is 49.6 Å². The number of piperazine rings is 1. The normalized spacial score (nSPS) is 14.1. The first-order valence-electron chi connectivity index (χ1n) is 9.81. The molecule has 28 heavy (non-hydrogen) atoms. The lowest BCUT2D eigenvalue weighted by Crippen LogP contribution is -2.52. The van der Waals surface area contributed by atoms with Crippen molar-refractivity contribution in [2.75, 3.05) is 42.5 Å². The predicted molar refractivity (Wildman–Crippen MR) is 114 cm³/mol. The van der Waals surface area contributed by atoms with Gasteiger partial charge in [-0.3, -0.25) is 9.59 Å². The van der Waals surface area contributed by atoms with Crippen LogP contribution in [0.5, 0.6) is 0 Å². The average Bonchev–Trinajstić information content (AvgIpc) is 2.69. The van der Waals surface area contributed by atoms with E-state index >= 15 is 0 Å². The standard InChI is InChI=1S/C23H29N3O2/c1-17-9-7-11-22(19(17)3)24-12-14-25(15-13-24)23(28)16-26(20(4)27)21-10-6-5-8-18(21)2/h5-11H,12-16H2,1-4H3. The van der Waals surface area contributed by atoms with E-state index in [0.29, 0.717) is 13.1 Å². The molecule has 1 aliphatic rings. The van der Waals surface area contributed by atoms with Crippen molar-refractivity contribution in [2.45, 2.75) is 27.7 Å². The molecule has 0 radical (unpaired) electrons. The van der Waals surface area contributed by atoms with Gasteiger partial charge < -0.3 is 14.7 Å². The topological polar surface area (TPSA) is 43.9 Å². The number of hydrogen-bond acceptors (Lipinski definition) is 3. The molecule has 0 atom stereocenters. The number of para-hydroxylation sites is 1. The van der Waals surface area contributed by atoms with E-state index in [-0.39, 0.29) is 18.4 Å². The third-order valence-corrected chi connectivity index (χ3v) is 5.63. The largest absolute Gasteiger partial charge is 0.368 e. The summed E-state index contributed by atoms with van der Waals surface area (Å²) in [7, 11) is 0. The van der Waals surface area contributed by atoms with Gasteiger partial charge in [0.25, 0.3) is 0 Å². The highest BCUT2D eigenvalue weighted by molar-refractivity contribution is 5.98. The third kappa shape index (κ3) is 4.19. The van der Waals surface area contributed by atoms with Crippen molar-refractivity contribution >= 4 is 23.2 Å². The molecule has 2 aromatic carbocycles. The maximum Gasteiger partial charge on any atom is 0.242 e.